The lowest BCUT2D eigenvalue weighted by atomic mass is 9.95. The number of aryl methyl sites for hydroxylation is 2. The van der Waals surface area contributed by atoms with Crippen LogP contribution in [0.4, 0.5) is 0 Å². The number of ether oxygens (including phenoxy) is 1. The fraction of sp³-hybridized carbons (Fsp3) is 0.500. The molecule has 0 heterocycles. The van der Waals surface area contributed by atoms with Crippen LogP contribution in [-0.4, -0.2) is 11.5 Å². The van der Waals surface area contributed by atoms with Crippen molar-refractivity contribution in [3.8, 4) is 5.75 Å². The number of alkyl halides is 1. The van der Waals surface area contributed by atoms with Crippen LogP contribution in [0.5, 0.6) is 5.75 Å². The van der Waals surface area contributed by atoms with E-state index in [-0.39, 0.29) is 0 Å². The average Bonchev–Trinajstić information content (AvgIpc) is 2.11. The molecule has 0 amide bonds. The number of halogens is 2. The molecule has 0 aliphatic heterocycles. The Labute approximate surface area is 104 Å². The van der Waals surface area contributed by atoms with Gasteiger partial charge in [-0.05, 0) is 37.1 Å². The SMILES string of the molecule is Cc1cc(OC2CC(Cl)C2)cc(C)c1Br. The van der Waals surface area contributed by atoms with E-state index in [0.717, 1.165) is 18.6 Å². The highest BCUT2D eigenvalue weighted by Crippen LogP contribution is 2.32. The highest BCUT2D eigenvalue weighted by Gasteiger charge is 2.29. The van der Waals surface area contributed by atoms with Gasteiger partial charge in [0, 0.05) is 22.7 Å². The first-order chi connectivity index (χ1) is 7.06. The summed E-state index contributed by atoms with van der Waals surface area (Å²) in [6, 6.07) is 4.14. The normalized spacial score (nSPS) is 24.8. The highest BCUT2D eigenvalue weighted by atomic mass is 79.9. The molecule has 1 nitrogen and oxygen atoms in total. The van der Waals surface area contributed by atoms with E-state index in [1.165, 1.54) is 15.6 Å². The Morgan fingerprint density at radius 1 is 1.27 bits per heavy atom. The van der Waals surface area contributed by atoms with Crippen molar-refractivity contribution in [2.45, 2.75) is 38.2 Å². The summed E-state index contributed by atoms with van der Waals surface area (Å²) in [5.41, 5.74) is 2.43. The molecular weight excluding hydrogens is 275 g/mol. The lowest BCUT2D eigenvalue weighted by molar-refractivity contribution is 0.124. The molecule has 0 unspecified atom stereocenters. The Bertz CT molecular complexity index is 349. The van der Waals surface area contributed by atoms with Gasteiger partial charge in [0.25, 0.3) is 0 Å². The van der Waals surface area contributed by atoms with Crippen LogP contribution < -0.4 is 4.74 Å². The molecule has 2 rings (SSSR count). The minimum atomic E-state index is 0.312. The maximum atomic E-state index is 5.91. The lowest BCUT2D eigenvalue weighted by Crippen LogP contribution is -2.34. The van der Waals surface area contributed by atoms with Crippen molar-refractivity contribution in [1.82, 2.24) is 0 Å². The van der Waals surface area contributed by atoms with Crippen molar-refractivity contribution in [1.29, 1.82) is 0 Å². The summed E-state index contributed by atoms with van der Waals surface area (Å²) in [5, 5.41) is 0.313. The molecule has 0 spiro atoms. The molecule has 0 bridgehead atoms. The van der Waals surface area contributed by atoms with E-state index in [1.807, 2.05) is 0 Å². The summed E-state index contributed by atoms with van der Waals surface area (Å²) in [5.74, 6) is 0.960. The molecule has 15 heavy (non-hydrogen) atoms. The number of hydrogen-bond acceptors (Lipinski definition) is 1. The molecule has 1 aliphatic rings. The highest BCUT2D eigenvalue weighted by molar-refractivity contribution is 9.10. The van der Waals surface area contributed by atoms with Crippen molar-refractivity contribution >= 4 is 27.5 Å². The van der Waals surface area contributed by atoms with Gasteiger partial charge >= 0.3 is 0 Å². The Balaban J connectivity index is 2.09. The summed E-state index contributed by atoms with van der Waals surface area (Å²) in [4.78, 5) is 0. The molecule has 0 atom stereocenters. The molecular formula is C12H14BrClO. The van der Waals surface area contributed by atoms with Crippen LogP contribution in [0.25, 0.3) is 0 Å². The molecule has 1 aromatic carbocycles. The van der Waals surface area contributed by atoms with E-state index in [4.69, 9.17) is 16.3 Å². The number of benzene rings is 1. The van der Waals surface area contributed by atoms with Gasteiger partial charge in [-0.15, -0.1) is 11.6 Å². The van der Waals surface area contributed by atoms with E-state index in [9.17, 15) is 0 Å². The van der Waals surface area contributed by atoms with E-state index >= 15 is 0 Å². The van der Waals surface area contributed by atoms with Gasteiger partial charge in [-0.3, -0.25) is 0 Å². The molecule has 1 aliphatic carbocycles. The van der Waals surface area contributed by atoms with Crippen LogP contribution in [0.3, 0.4) is 0 Å². The molecule has 1 saturated carbocycles. The monoisotopic (exact) mass is 288 g/mol. The van der Waals surface area contributed by atoms with Crippen molar-refractivity contribution in [2.75, 3.05) is 0 Å². The summed E-state index contributed by atoms with van der Waals surface area (Å²) in [7, 11) is 0. The summed E-state index contributed by atoms with van der Waals surface area (Å²) in [6.45, 7) is 4.16. The standard InChI is InChI=1S/C12H14BrClO/c1-7-3-10(4-8(2)12(7)13)15-11-5-9(14)6-11/h3-4,9,11H,5-6H2,1-2H3. The zero-order chi connectivity index (χ0) is 11.0. The van der Waals surface area contributed by atoms with Crippen LogP contribution in [0.2, 0.25) is 0 Å². The zero-order valence-corrected chi connectivity index (χ0v) is 11.2. The Kier molecular flexibility index (Phi) is 3.27. The van der Waals surface area contributed by atoms with Crippen molar-refractivity contribution in [3.63, 3.8) is 0 Å². The zero-order valence-electron chi connectivity index (χ0n) is 8.89. The van der Waals surface area contributed by atoms with Crippen molar-refractivity contribution < 1.29 is 4.74 Å². The van der Waals surface area contributed by atoms with E-state index in [0.29, 0.717) is 11.5 Å². The largest absolute Gasteiger partial charge is 0.490 e. The molecule has 3 heteroatoms. The molecule has 1 fully saturated rings. The van der Waals surface area contributed by atoms with Crippen LogP contribution in [0.1, 0.15) is 24.0 Å². The topological polar surface area (TPSA) is 9.23 Å². The first kappa shape index (κ1) is 11.3. The summed E-state index contributed by atoms with van der Waals surface area (Å²) >= 11 is 9.45. The van der Waals surface area contributed by atoms with Gasteiger partial charge in [0.1, 0.15) is 11.9 Å². The van der Waals surface area contributed by atoms with Gasteiger partial charge in [-0.2, -0.15) is 0 Å². The van der Waals surface area contributed by atoms with Crippen LogP contribution in [-0.2, 0) is 0 Å². The van der Waals surface area contributed by atoms with E-state index in [2.05, 4.69) is 41.9 Å². The second kappa shape index (κ2) is 4.34. The fourth-order valence-corrected chi connectivity index (χ4v) is 2.39. The van der Waals surface area contributed by atoms with Gasteiger partial charge in [-0.25, -0.2) is 0 Å². The third-order valence-electron chi connectivity index (χ3n) is 2.75. The maximum Gasteiger partial charge on any atom is 0.120 e. The van der Waals surface area contributed by atoms with Crippen LogP contribution >= 0.6 is 27.5 Å². The van der Waals surface area contributed by atoms with Crippen molar-refractivity contribution in [2.24, 2.45) is 0 Å². The lowest BCUT2D eigenvalue weighted by Gasteiger charge is -2.31. The van der Waals surface area contributed by atoms with Gasteiger partial charge in [0.15, 0.2) is 0 Å². The minimum Gasteiger partial charge on any atom is -0.490 e. The van der Waals surface area contributed by atoms with Gasteiger partial charge in [0.05, 0.1) is 0 Å². The molecule has 0 radical (unpaired) electrons. The molecule has 82 valence electrons. The second-order valence-electron chi connectivity index (χ2n) is 4.18. The Morgan fingerprint density at radius 3 is 2.27 bits per heavy atom. The van der Waals surface area contributed by atoms with E-state index in [1.54, 1.807) is 0 Å². The minimum absolute atomic E-state index is 0.312. The Morgan fingerprint density at radius 2 is 1.80 bits per heavy atom. The third kappa shape index (κ3) is 2.48. The third-order valence-corrected chi connectivity index (χ3v) is 4.36. The first-order valence-electron chi connectivity index (χ1n) is 5.13. The quantitative estimate of drug-likeness (QED) is 0.741. The van der Waals surface area contributed by atoms with Crippen LogP contribution in [0.15, 0.2) is 16.6 Å². The smallest absolute Gasteiger partial charge is 0.120 e. The number of rotatable bonds is 2. The Hall–Kier alpha value is -0.210. The maximum absolute atomic E-state index is 5.91. The van der Waals surface area contributed by atoms with Crippen molar-refractivity contribution in [3.05, 3.63) is 27.7 Å². The molecule has 0 aromatic heterocycles. The average molecular weight is 290 g/mol. The van der Waals surface area contributed by atoms with Gasteiger partial charge < -0.3 is 4.74 Å². The van der Waals surface area contributed by atoms with E-state index < -0.39 is 0 Å². The summed E-state index contributed by atoms with van der Waals surface area (Å²) in [6.07, 6.45) is 2.25. The fourth-order valence-electron chi connectivity index (χ4n) is 1.76. The number of hydrogen-bond donors (Lipinski definition) is 0. The molecule has 0 saturated heterocycles. The molecule has 1 aromatic rings. The van der Waals surface area contributed by atoms with Gasteiger partial charge in [-0.1, -0.05) is 15.9 Å². The van der Waals surface area contributed by atoms with Crippen LogP contribution in [0, 0.1) is 13.8 Å². The summed E-state index contributed by atoms with van der Waals surface area (Å²) < 4.78 is 7.00. The molecule has 0 N–H and O–H groups in total. The first-order valence-corrected chi connectivity index (χ1v) is 6.36. The predicted molar refractivity (Wildman–Crippen MR) is 66.9 cm³/mol. The van der Waals surface area contributed by atoms with Gasteiger partial charge in [0.2, 0.25) is 0 Å². The predicted octanol–water partition coefficient (Wildman–Crippen LogP) is 4.21. The second-order valence-corrected chi connectivity index (χ2v) is 5.59.